The summed E-state index contributed by atoms with van der Waals surface area (Å²) in [5.41, 5.74) is 2.00. The van der Waals surface area contributed by atoms with E-state index in [-0.39, 0.29) is 12.5 Å². The number of hydrogen-bond acceptors (Lipinski definition) is 6. The molecular formula is C24H20ClNO4S2. The number of thiophene rings is 2. The van der Waals surface area contributed by atoms with Gasteiger partial charge in [0.2, 0.25) is 0 Å². The van der Waals surface area contributed by atoms with E-state index in [2.05, 4.69) is 5.32 Å². The summed E-state index contributed by atoms with van der Waals surface area (Å²) in [5.74, 6) is -0.185. The van der Waals surface area contributed by atoms with Crippen LogP contribution in [0.4, 0.5) is 5.00 Å². The molecule has 2 heterocycles. The quantitative estimate of drug-likeness (QED) is 0.298. The van der Waals surface area contributed by atoms with Crippen molar-refractivity contribution in [3.8, 4) is 16.9 Å². The Morgan fingerprint density at radius 2 is 1.84 bits per heavy atom. The Morgan fingerprint density at radius 3 is 2.53 bits per heavy atom. The second-order valence-electron chi connectivity index (χ2n) is 6.89. The normalized spacial score (nSPS) is 10.9. The second kappa shape index (κ2) is 9.32. The lowest BCUT2D eigenvalue weighted by molar-refractivity contribution is 0.0529. The number of nitrogens with one attached hydrogen (secondary N) is 1. The molecule has 0 aliphatic rings. The fraction of sp³-hybridized carbons (Fsp3) is 0.167. The third-order valence-electron chi connectivity index (χ3n) is 4.89. The van der Waals surface area contributed by atoms with Crippen LogP contribution in [0.5, 0.6) is 5.75 Å². The molecule has 1 N–H and O–H groups in total. The van der Waals surface area contributed by atoms with Crippen LogP contribution in [-0.4, -0.2) is 25.6 Å². The van der Waals surface area contributed by atoms with Gasteiger partial charge in [0.1, 0.15) is 21.2 Å². The first-order valence-corrected chi connectivity index (χ1v) is 11.9. The maximum atomic E-state index is 13.2. The molecule has 0 radical (unpaired) electrons. The number of carbonyl (C=O) groups excluding carboxylic acids is 2. The average Bonchev–Trinajstić information content (AvgIpc) is 3.30. The van der Waals surface area contributed by atoms with Crippen LogP contribution in [0.15, 0.2) is 48.5 Å². The molecule has 32 heavy (non-hydrogen) atoms. The number of esters is 1. The number of amides is 1. The van der Waals surface area contributed by atoms with Gasteiger partial charge in [0, 0.05) is 20.5 Å². The summed E-state index contributed by atoms with van der Waals surface area (Å²) in [6, 6.07) is 15.1. The topological polar surface area (TPSA) is 64.6 Å². The molecule has 164 valence electrons. The van der Waals surface area contributed by atoms with Gasteiger partial charge in [0.05, 0.1) is 18.7 Å². The Balaban J connectivity index is 1.76. The zero-order chi connectivity index (χ0) is 22.8. The molecule has 0 aliphatic heterocycles. The number of fused-ring (bicyclic) bond motifs is 1. The predicted octanol–water partition coefficient (Wildman–Crippen LogP) is 7.03. The van der Waals surface area contributed by atoms with E-state index < -0.39 is 5.97 Å². The SMILES string of the molecule is CCOC(=O)c1c(NC(=O)c2sc3ccc(OC)cc3c2Cl)sc(C)c1-c1ccccc1. The van der Waals surface area contributed by atoms with Gasteiger partial charge in [-0.2, -0.15) is 0 Å². The van der Waals surface area contributed by atoms with Crippen LogP contribution >= 0.6 is 34.3 Å². The fourth-order valence-corrected chi connectivity index (χ4v) is 5.91. The van der Waals surface area contributed by atoms with Gasteiger partial charge in [-0.05, 0) is 37.6 Å². The molecule has 0 unspecified atom stereocenters. The van der Waals surface area contributed by atoms with E-state index in [1.165, 1.54) is 22.7 Å². The highest BCUT2D eigenvalue weighted by atomic mass is 35.5. The molecule has 5 nitrogen and oxygen atoms in total. The molecule has 8 heteroatoms. The molecule has 0 saturated heterocycles. The zero-order valence-electron chi connectivity index (χ0n) is 17.7. The van der Waals surface area contributed by atoms with Gasteiger partial charge in [-0.15, -0.1) is 22.7 Å². The molecule has 0 spiro atoms. The molecule has 0 bridgehead atoms. The van der Waals surface area contributed by atoms with Crippen molar-refractivity contribution in [2.45, 2.75) is 13.8 Å². The van der Waals surface area contributed by atoms with Crippen LogP contribution in [0.1, 0.15) is 31.8 Å². The van der Waals surface area contributed by atoms with Crippen molar-refractivity contribution >= 4 is 61.2 Å². The number of hydrogen-bond donors (Lipinski definition) is 1. The van der Waals surface area contributed by atoms with E-state index in [0.29, 0.717) is 26.2 Å². The summed E-state index contributed by atoms with van der Waals surface area (Å²) in [6.07, 6.45) is 0. The van der Waals surface area contributed by atoms with Crippen LogP contribution in [0, 0.1) is 6.92 Å². The van der Waals surface area contributed by atoms with Crippen molar-refractivity contribution in [1.82, 2.24) is 0 Å². The standard InChI is InChI=1S/C24H20ClNO4S2/c1-4-30-24(28)19-18(14-8-6-5-7-9-14)13(2)31-23(19)26-22(27)21-20(25)16-12-15(29-3)10-11-17(16)32-21/h5-12H,4H2,1-3H3,(H,26,27). The number of carbonyl (C=O) groups is 2. The van der Waals surface area contributed by atoms with Crippen LogP contribution in [0.3, 0.4) is 0 Å². The van der Waals surface area contributed by atoms with Crippen molar-refractivity contribution in [1.29, 1.82) is 0 Å². The van der Waals surface area contributed by atoms with Gasteiger partial charge >= 0.3 is 5.97 Å². The third-order valence-corrected chi connectivity index (χ3v) is 7.59. The van der Waals surface area contributed by atoms with Crippen LogP contribution < -0.4 is 10.1 Å². The Kier molecular flexibility index (Phi) is 6.50. The molecule has 0 atom stereocenters. The van der Waals surface area contributed by atoms with Crippen LogP contribution in [0.2, 0.25) is 5.02 Å². The van der Waals surface area contributed by atoms with Gasteiger partial charge in [0.25, 0.3) is 5.91 Å². The van der Waals surface area contributed by atoms with Gasteiger partial charge in [-0.3, -0.25) is 4.79 Å². The monoisotopic (exact) mass is 485 g/mol. The molecule has 1 amide bonds. The summed E-state index contributed by atoms with van der Waals surface area (Å²) >= 11 is 9.17. The van der Waals surface area contributed by atoms with E-state index in [4.69, 9.17) is 21.1 Å². The minimum absolute atomic E-state index is 0.235. The van der Waals surface area contributed by atoms with Gasteiger partial charge in [-0.25, -0.2) is 4.79 Å². The molecule has 0 saturated carbocycles. The first-order chi connectivity index (χ1) is 15.4. The Morgan fingerprint density at radius 1 is 1.09 bits per heavy atom. The van der Waals surface area contributed by atoms with Crippen LogP contribution in [0.25, 0.3) is 21.2 Å². The highest BCUT2D eigenvalue weighted by Gasteiger charge is 2.27. The Hall–Kier alpha value is -2.87. The highest BCUT2D eigenvalue weighted by Crippen LogP contribution is 2.42. The molecule has 0 aliphatic carbocycles. The summed E-state index contributed by atoms with van der Waals surface area (Å²) in [5, 5.41) is 4.45. The minimum atomic E-state index is -0.474. The number of anilines is 1. The lowest BCUT2D eigenvalue weighted by atomic mass is 10.0. The maximum absolute atomic E-state index is 13.2. The van der Waals surface area contributed by atoms with E-state index in [0.717, 1.165) is 26.1 Å². The number of halogens is 1. The number of rotatable bonds is 6. The smallest absolute Gasteiger partial charge is 0.341 e. The van der Waals surface area contributed by atoms with Crippen molar-refractivity contribution in [2.75, 3.05) is 19.0 Å². The van der Waals surface area contributed by atoms with E-state index in [1.807, 2.05) is 49.4 Å². The summed E-state index contributed by atoms with van der Waals surface area (Å²) in [7, 11) is 1.58. The van der Waals surface area contributed by atoms with E-state index in [9.17, 15) is 9.59 Å². The number of methoxy groups -OCH3 is 1. The molecule has 4 rings (SSSR count). The number of ether oxygens (including phenoxy) is 2. The van der Waals surface area contributed by atoms with E-state index >= 15 is 0 Å². The van der Waals surface area contributed by atoms with Crippen molar-refractivity contribution < 1.29 is 19.1 Å². The largest absolute Gasteiger partial charge is 0.497 e. The lowest BCUT2D eigenvalue weighted by Crippen LogP contribution is -2.14. The lowest BCUT2D eigenvalue weighted by Gasteiger charge is -2.09. The van der Waals surface area contributed by atoms with Crippen LogP contribution in [-0.2, 0) is 4.74 Å². The highest BCUT2D eigenvalue weighted by molar-refractivity contribution is 7.22. The molecule has 4 aromatic rings. The molecule has 2 aromatic carbocycles. The van der Waals surface area contributed by atoms with Gasteiger partial charge < -0.3 is 14.8 Å². The fourth-order valence-electron chi connectivity index (χ4n) is 3.46. The summed E-state index contributed by atoms with van der Waals surface area (Å²) in [4.78, 5) is 27.3. The first-order valence-electron chi connectivity index (χ1n) is 9.87. The van der Waals surface area contributed by atoms with Gasteiger partial charge in [0.15, 0.2) is 0 Å². The maximum Gasteiger partial charge on any atom is 0.341 e. The minimum Gasteiger partial charge on any atom is -0.497 e. The predicted molar refractivity (Wildman–Crippen MR) is 132 cm³/mol. The number of aryl methyl sites for hydroxylation is 1. The van der Waals surface area contributed by atoms with E-state index in [1.54, 1.807) is 20.1 Å². The van der Waals surface area contributed by atoms with Crippen molar-refractivity contribution in [3.05, 3.63) is 68.9 Å². The molecular weight excluding hydrogens is 466 g/mol. The summed E-state index contributed by atoms with van der Waals surface area (Å²) in [6.45, 7) is 3.91. The molecule has 2 aromatic heterocycles. The third kappa shape index (κ3) is 4.11. The molecule has 0 fully saturated rings. The van der Waals surface area contributed by atoms with Crippen molar-refractivity contribution in [3.63, 3.8) is 0 Å². The average molecular weight is 486 g/mol. The number of benzene rings is 2. The zero-order valence-corrected chi connectivity index (χ0v) is 20.0. The summed E-state index contributed by atoms with van der Waals surface area (Å²) < 4.78 is 11.4. The Bertz CT molecular complexity index is 1310. The Labute approximate surface area is 198 Å². The van der Waals surface area contributed by atoms with Crippen molar-refractivity contribution in [2.24, 2.45) is 0 Å². The first kappa shape index (κ1) is 22.3. The van der Waals surface area contributed by atoms with Gasteiger partial charge in [-0.1, -0.05) is 41.9 Å². The second-order valence-corrected chi connectivity index (χ2v) is 9.54.